The number of nitrogens with two attached hydrogens (primary N) is 1. The molecule has 1 amide bonds. The van der Waals surface area contributed by atoms with E-state index in [0.29, 0.717) is 12.4 Å². The number of aromatic nitrogens is 2. The van der Waals surface area contributed by atoms with Gasteiger partial charge in [0.2, 0.25) is 11.9 Å². The van der Waals surface area contributed by atoms with Gasteiger partial charge in [-0.1, -0.05) is 20.8 Å². The maximum Gasteiger partial charge on any atom is 0.228 e. The zero-order valence-electron chi connectivity index (χ0n) is 10.1. The highest BCUT2D eigenvalue weighted by Crippen LogP contribution is 2.21. The topological polar surface area (TPSA) is 83.8 Å². The summed E-state index contributed by atoms with van der Waals surface area (Å²) in [5.74, 6) is 0.361. The quantitative estimate of drug-likeness (QED) is 0.724. The molecule has 0 fully saturated rings. The Morgan fingerprint density at radius 1 is 1.62 bits per heavy atom. The zero-order valence-corrected chi connectivity index (χ0v) is 10.1. The van der Waals surface area contributed by atoms with Gasteiger partial charge >= 0.3 is 0 Å². The first-order valence-electron chi connectivity index (χ1n) is 5.41. The van der Waals surface area contributed by atoms with Crippen LogP contribution >= 0.6 is 0 Å². The van der Waals surface area contributed by atoms with Crippen molar-refractivity contribution in [2.45, 2.75) is 39.7 Å². The van der Waals surface area contributed by atoms with Crippen molar-refractivity contribution >= 4 is 11.9 Å². The molecular formula is C11H20N4O. The smallest absolute Gasteiger partial charge is 0.228 e. The first-order valence-corrected chi connectivity index (χ1v) is 5.41. The van der Waals surface area contributed by atoms with Crippen LogP contribution in [0.25, 0.3) is 0 Å². The Labute approximate surface area is 95.8 Å². The Bertz CT molecular complexity index is 326. The molecule has 1 aromatic heterocycles. The first kappa shape index (κ1) is 12.7. The van der Waals surface area contributed by atoms with E-state index in [1.165, 1.54) is 0 Å². The van der Waals surface area contributed by atoms with Gasteiger partial charge in [-0.15, -0.1) is 0 Å². The largest absolute Gasteiger partial charge is 0.331 e. The van der Waals surface area contributed by atoms with E-state index >= 15 is 0 Å². The summed E-state index contributed by atoms with van der Waals surface area (Å²) >= 11 is 0. The number of nitrogens with one attached hydrogen (secondary N) is 2. The summed E-state index contributed by atoms with van der Waals surface area (Å²) < 4.78 is 0. The van der Waals surface area contributed by atoms with Crippen LogP contribution in [0, 0.1) is 5.41 Å². The van der Waals surface area contributed by atoms with Crippen LogP contribution in [0.5, 0.6) is 0 Å². The summed E-state index contributed by atoms with van der Waals surface area (Å²) in [7, 11) is 0. The van der Waals surface area contributed by atoms with Crippen LogP contribution in [0.4, 0.5) is 5.95 Å². The molecule has 0 spiro atoms. The van der Waals surface area contributed by atoms with Crippen molar-refractivity contribution in [1.82, 2.24) is 9.97 Å². The van der Waals surface area contributed by atoms with Crippen molar-refractivity contribution in [3.8, 4) is 0 Å². The number of rotatable bonds is 4. The van der Waals surface area contributed by atoms with Crippen LogP contribution in [0.2, 0.25) is 0 Å². The monoisotopic (exact) mass is 224 g/mol. The lowest BCUT2D eigenvalue weighted by atomic mass is 9.87. The minimum absolute atomic E-state index is 0.105. The Kier molecular flexibility index (Phi) is 4.06. The van der Waals surface area contributed by atoms with Crippen molar-refractivity contribution in [2.24, 2.45) is 11.1 Å². The fourth-order valence-corrected chi connectivity index (χ4v) is 1.61. The number of anilines is 1. The van der Waals surface area contributed by atoms with Crippen LogP contribution < -0.4 is 11.1 Å². The molecule has 1 rings (SSSR count). The van der Waals surface area contributed by atoms with Gasteiger partial charge in [-0.05, 0) is 11.8 Å². The number of amides is 1. The average Bonchev–Trinajstić information content (AvgIpc) is 2.51. The van der Waals surface area contributed by atoms with Crippen LogP contribution in [0.3, 0.4) is 0 Å². The maximum atomic E-state index is 11.6. The highest BCUT2D eigenvalue weighted by molar-refractivity contribution is 5.89. The number of imidazole rings is 1. The number of hydrogen-bond acceptors (Lipinski definition) is 3. The molecule has 0 aliphatic carbocycles. The van der Waals surface area contributed by atoms with Gasteiger partial charge in [0.15, 0.2) is 0 Å². The summed E-state index contributed by atoms with van der Waals surface area (Å²) in [5, 5.41) is 2.65. The standard InChI is InChI=1S/C11H20N4O/c1-11(2,3)7-8(12)6-9(16)15-10-13-4-5-14-10/h4-5,8H,6-7,12H2,1-3H3,(H2,13,14,15,16). The summed E-state index contributed by atoms with van der Waals surface area (Å²) in [5.41, 5.74) is 6.04. The lowest BCUT2D eigenvalue weighted by Crippen LogP contribution is -2.31. The van der Waals surface area contributed by atoms with E-state index in [1.807, 2.05) is 0 Å². The molecule has 0 saturated carbocycles. The Morgan fingerprint density at radius 2 is 2.31 bits per heavy atom. The van der Waals surface area contributed by atoms with Crippen molar-refractivity contribution < 1.29 is 4.79 Å². The molecule has 1 atom stereocenters. The van der Waals surface area contributed by atoms with Gasteiger partial charge in [0.25, 0.3) is 0 Å². The van der Waals surface area contributed by atoms with Crippen LogP contribution in [0.15, 0.2) is 12.4 Å². The Balaban J connectivity index is 2.34. The number of aromatic amines is 1. The van der Waals surface area contributed by atoms with Crippen LogP contribution in [-0.4, -0.2) is 21.9 Å². The molecule has 16 heavy (non-hydrogen) atoms. The third-order valence-electron chi connectivity index (χ3n) is 2.08. The van der Waals surface area contributed by atoms with Crippen molar-refractivity contribution in [3.05, 3.63) is 12.4 Å². The summed E-state index contributed by atoms with van der Waals surface area (Å²) in [6.45, 7) is 6.33. The minimum atomic E-state index is -0.116. The van der Waals surface area contributed by atoms with E-state index in [9.17, 15) is 4.79 Å². The minimum Gasteiger partial charge on any atom is -0.331 e. The first-order chi connectivity index (χ1) is 7.37. The van der Waals surface area contributed by atoms with Crippen LogP contribution in [-0.2, 0) is 4.79 Å². The van der Waals surface area contributed by atoms with Crippen molar-refractivity contribution in [2.75, 3.05) is 5.32 Å². The maximum absolute atomic E-state index is 11.6. The predicted octanol–water partition coefficient (Wildman–Crippen LogP) is 1.50. The Morgan fingerprint density at radius 3 is 2.81 bits per heavy atom. The molecule has 0 aromatic carbocycles. The van der Waals surface area contributed by atoms with Crippen molar-refractivity contribution in [3.63, 3.8) is 0 Å². The van der Waals surface area contributed by atoms with Gasteiger partial charge in [-0.25, -0.2) is 4.98 Å². The van der Waals surface area contributed by atoms with Crippen molar-refractivity contribution in [1.29, 1.82) is 0 Å². The van der Waals surface area contributed by atoms with E-state index in [1.54, 1.807) is 12.4 Å². The summed E-state index contributed by atoms with van der Waals surface area (Å²) in [6.07, 6.45) is 4.38. The number of nitrogens with zero attached hydrogens (tertiary/aromatic N) is 1. The Hall–Kier alpha value is -1.36. The molecular weight excluding hydrogens is 204 g/mol. The van der Waals surface area contributed by atoms with E-state index in [2.05, 4.69) is 36.1 Å². The molecule has 1 unspecified atom stereocenters. The van der Waals surface area contributed by atoms with Gasteiger partial charge in [-0.3, -0.25) is 10.1 Å². The van der Waals surface area contributed by atoms with Gasteiger partial charge in [0.05, 0.1) is 0 Å². The van der Waals surface area contributed by atoms with Crippen LogP contribution in [0.1, 0.15) is 33.6 Å². The summed E-state index contributed by atoms with van der Waals surface area (Å²) in [6, 6.07) is -0.116. The van der Waals surface area contributed by atoms with Gasteiger partial charge in [0.1, 0.15) is 0 Å². The molecule has 0 aliphatic rings. The molecule has 4 N–H and O–H groups in total. The highest BCUT2D eigenvalue weighted by atomic mass is 16.1. The van der Waals surface area contributed by atoms with E-state index in [0.717, 1.165) is 6.42 Å². The molecule has 5 heteroatoms. The third-order valence-corrected chi connectivity index (χ3v) is 2.08. The molecule has 0 saturated heterocycles. The van der Waals surface area contributed by atoms with E-state index in [4.69, 9.17) is 5.73 Å². The highest BCUT2D eigenvalue weighted by Gasteiger charge is 2.18. The molecule has 0 bridgehead atoms. The molecule has 1 heterocycles. The normalized spacial score (nSPS) is 13.5. The summed E-state index contributed by atoms with van der Waals surface area (Å²) in [4.78, 5) is 18.3. The molecule has 0 radical (unpaired) electrons. The third kappa shape index (κ3) is 4.93. The van der Waals surface area contributed by atoms with E-state index < -0.39 is 0 Å². The number of carbonyl (C=O) groups excluding carboxylic acids is 1. The molecule has 0 aliphatic heterocycles. The predicted molar refractivity (Wildman–Crippen MR) is 63.9 cm³/mol. The second-order valence-corrected chi connectivity index (χ2v) is 5.21. The molecule has 1 aromatic rings. The fraction of sp³-hybridized carbons (Fsp3) is 0.636. The second kappa shape index (κ2) is 5.12. The zero-order chi connectivity index (χ0) is 12.2. The van der Waals surface area contributed by atoms with Gasteiger partial charge < -0.3 is 10.7 Å². The number of carbonyl (C=O) groups is 1. The molecule has 5 nitrogen and oxygen atoms in total. The lowest BCUT2D eigenvalue weighted by molar-refractivity contribution is -0.116. The van der Waals surface area contributed by atoms with Gasteiger partial charge in [0, 0.05) is 24.9 Å². The van der Waals surface area contributed by atoms with E-state index in [-0.39, 0.29) is 17.4 Å². The number of hydrogen-bond donors (Lipinski definition) is 3. The fourth-order valence-electron chi connectivity index (χ4n) is 1.61. The second-order valence-electron chi connectivity index (χ2n) is 5.21. The number of H-pyrrole nitrogens is 1. The molecule has 90 valence electrons. The van der Waals surface area contributed by atoms with Gasteiger partial charge in [-0.2, -0.15) is 0 Å². The lowest BCUT2D eigenvalue weighted by Gasteiger charge is -2.22. The average molecular weight is 224 g/mol. The SMILES string of the molecule is CC(C)(C)CC(N)CC(=O)Nc1ncc[nH]1.